The molecule has 0 bridgehead atoms. The van der Waals surface area contributed by atoms with Crippen LogP contribution in [0.1, 0.15) is 0 Å². The smallest absolute Gasteiger partial charge is 0.123 e. The molecule has 0 amide bonds. The van der Waals surface area contributed by atoms with Gasteiger partial charge in [0.2, 0.25) is 0 Å². The molecule has 0 aliphatic carbocycles. The van der Waals surface area contributed by atoms with Gasteiger partial charge in [-0.25, -0.2) is 4.98 Å². The van der Waals surface area contributed by atoms with Gasteiger partial charge in [-0.15, -0.1) is 0 Å². The molecule has 0 fully saturated rings. The molecule has 1 aromatic heterocycles. The molecule has 0 aliphatic rings. The lowest BCUT2D eigenvalue weighted by Crippen LogP contribution is -1.89. The van der Waals surface area contributed by atoms with Crippen molar-refractivity contribution in [3.8, 4) is 16.9 Å². The molecule has 0 saturated carbocycles. The Morgan fingerprint density at radius 1 is 1.07 bits per heavy atom. The summed E-state index contributed by atoms with van der Waals surface area (Å²) in [7, 11) is 0. The molecule has 70 valence electrons. The third-order valence-corrected chi connectivity index (χ3v) is 1.96. The maximum Gasteiger partial charge on any atom is 0.123 e. The van der Waals surface area contributed by atoms with Crippen molar-refractivity contribution in [1.82, 2.24) is 4.98 Å². The Labute approximate surface area is 81.8 Å². The van der Waals surface area contributed by atoms with Crippen molar-refractivity contribution in [2.24, 2.45) is 0 Å². The molecule has 2 aromatic rings. The first-order valence-electron chi connectivity index (χ1n) is 4.26. The van der Waals surface area contributed by atoms with Crippen molar-refractivity contribution in [1.29, 1.82) is 0 Å². The van der Waals surface area contributed by atoms with Gasteiger partial charge in [-0.3, -0.25) is 0 Å². The number of nitrogens with zero attached hydrogens (tertiary/aromatic N) is 1. The minimum Gasteiger partial charge on any atom is -0.508 e. The van der Waals surface area contributed by atoms with Crippen LogP contribution in [0.5, 0.6) is 5.75 Å². The molecule has 14 heavy (non-hydrogen) atoms. The Bertz CT molecular complexity index is 411. The monoisotopic (exact) mass is 186 g/mol. The molecule has 3 heteroatoms. The van der Waals surface area contributed by atoms with Gasteiger partial charge in [0.25, 0.3) is 0 Å². The van der Waals surface area contributed by atoms with Gasteiger partial charge in [0, 0.05) is 6.20 Å². The number of phenolic OH excluding ortho intramolecular Hbond substituents is 1. The molecular weight excluding hydrogens is 176 g/mol. The summed E-state index contributed by atoms with van der Waals surface area (Å²) in [5.41, 5.74) is 7.44. The normalized spacial score (nSPS) is 10.0. The van der Waals surface area contributed by atoms with Crippen LogP contribution in [0.15, 0.2) is 42.6 Å². The largest absolute Gasteiger partial charge is 0.508 e. The molecule has 0 unspecified atom stereocenters. The van der Waals surface area contributed by atoms with Crippen LogP contribution >= 0.6 is 0 Å². The predicted molar refractivity (Wildman–Crippen MR) is 55.8 cm³/mol. The zero-order valence-electron chi connectivity index (χ0n) is 7.51. The maximum absolute atomic E-state index is 9.30. The average molecular weight is 186 g/mol. The lowest BCUT2D eigenvalue weighted by Gasteiger charge is -2.02. The number of aromatic nitrogens is 1. The van der Waals surface area contributed by atoms with Crippen LogP contribution in [0.2, 0.25) is 0 Å². The van der Waals surface area contributed by atoms with E-state index in [1.165, 1.54) is 0 Å². The topological polar surface area (TPSA) is 59.1 Å². The van der Waals surface area contributed by atoms with Crippen molar-refractivity contribution in [2.75, 3.05) is 5.73 Å². The van der Waals surface area contributed by atoms with Crippen LogP contribution in [0, 0.1) is 0 Å². The van der Waals surface area contributed by atoms with Gasteiger partial charge < -0.3 is 10.8 Å². The van der Waals surface area contributed by atoms with Gasteiger partial charge in [0.15, 0.2) is 0 Å². The Hall–Kier alpha value is -2.03. The van der Waals surface area contributed by atoms with Crippen LogP contribution in [-0.4, -0.2) is 10.1 Å². The number of hydrogen-bond acceptors (Lipinski definition) is 3. The summed E-state index contributed by atoms with van der Waals surface area (Å²) in [5.74, 6) is 0.726. The molecular formula is C11H10N2O. The zero-order valence-corrected chi connectivity index (χ0v) is 7.51. The summed E-state index contributed by atoms with van der Waals surface area (Å²) in [6.07, 6.45) is 1.65. The number of nitrogen functional groups attached to an aromatic ring is 1. The Kier molecular flexibility index (Phi) is 2.07. The molecule has 1 heterocycles. The second-order valence-corrected chi connectivity index (χ2v) is 3.02. The molecule has 3 N–H and O–H groups in total. The van der Waals surface area contributed by atoms with Crippen LogP contribution in [0.4, 0.5) is 5.82 Å². The van der Waals surface area contributed by atoms with E-state index in [2.05, 4.69) is 4.98 Å². The van der Waals surface area contributed by atoms with Gasteiger partial charge in [-0.05, 0) is 35.4 Å². The van der Waals surface area contributed by atoms with Crippen LogP contribution in [0.3, 0.4) is 0 Å². The van der Waals surface area contributed by atoms with E-state index < -0.39 is 0 Å². The van der Waals surface area contributed by atoms with Gasteiger partial charge >= 0.3 is 0 Å². The van der Waals surface area contributed by atoms with E-state index in [-0.39, 0.29) is 5.75 Å². The molecule has 0 atom stereocenters. The van der Waals surface area contributed by atoms with Crippen molar-refractivity contribution < 1.29 is 5.11 Å². The SMILES string of the molecule is Nc1cc(-c2cccc(O)c2)ccn1. The summed E-state index contributed by atoms with van der Waals surface area (Å²) >= 11 is 0. The lowest BCUT2D eigenvalue weighted by atomic mass is 10.1. The molecule has 0 saturated heterocycles. The van der Waals surface area contributed by atoms with Gasteiger partial charge in [-0.1, -0.05) is 12.1 Å². The number of anilines is 1. The van der Waals surface area contributed by atoms with Crippen molar-refractivity contribution in [3.05, 3.63) is 42.6 Å². The number of aromatic hydroxyl groups is 1. The summed E-state index contributed by atoms with van der Waals surface area (Å²) < 4.78 is 0. The van der Waals surface area contributed by atoms with E-state index in [9.17, 15) is 5.11 Å². The van der Waals surface area contributed by atoms with Crippen LogP contribution in [-0.2, 0) is 0 Å². The minimum atomic E-state index is 0.248. The van der Waals surface area contributed by atoms with Crippen molar-refractivity contribution in [3.63, 3.8) is 0 Å². The summed E-state index contributed by atoms with van der Waals surface area (Å²) in [6, 6.07) is 10.7. The third kappa shape index (κ3) is 1.66. The Balaban J connectivity index is 2.49. The highest BCUT2D eigenvalue weighted by Crippen LogP contribution is 2.23. The van der Waals surface area contributed by atoms with Gasteiger partial charge in [-0.2, -0.15) is 0 Å². The number of rotatable bonds is 1. The molecule has 3 nitrogen and oxygen atoms in total. The van der Waals surface area contributed by atoms with Crippen LogP contribution in [0.25, 0.3) is 11.1 Å². The summed E-state index contributed by atoms with van der Waals surface area (Å²) in [6.45, 7) is 0. The number of pyridine rings is 1. The highest BCUT2D eigenvalue weighted by atomic mass is 16.3. The fraction of sp³-hybridized carbons (Fsp3) is 0. The average Bonchev–Trinajstić information content (AvgIpc) is 2.18. The highest BCUT2D eigenvalue weighted by Gasteiger charge is 1.98. The van der Waals surface area contributed by atoms with E-state index in [0.29, 0.717) is 5.82 Å². The summed E-state index contributed by atoms with van der Waals surface area (Å²) in [4.78, 5) is 3.90. The molecule has 2 rings (SSSR count). The third-order valence-electron chi connectivity index (χ3n) is 1.96. The number of nitrogens with two attached hydrogens (primary N) is 1. The number of hydrogen-bond donors (Lipinski definition) is 2. The Morgan fingerprint density at radius 3 is 2.57 bits per heavy atom. The van der Waals surface area contributed by atoms with E-state index in [0.717, 1.165) is 11.1 Å². The fourth-order valence-electron chi connectivity index (χ4n) is 1.31. The van der Waals surface area contributed by atoms with Crippen molar-refractivity contribution >= 4 is 5.82 Å². The lowest BCUT2D eigenvalue weighted by molar-refractivity contribution is 0.475. The standard InChI is InChI=1S/C11H10N2O/c12-11-7-9(4-5-13-11)8-2-1-3-10(14)6-8/h1-7,14H,(H2,12,13). The predicted octanol–water partition coefficient (Wildman–Crippen LogP) is 2.04. The first kappa shape index (κ1) is 8.56. The quantitative estimate of drug-likeness (QED) is 0.716. The second kappa shape index (κ2) is 3.38. The first-order chi connectivity index (χ1) is 6.75. The second-order valence-electron chi connectivity index (χ2n) is 3.02. The van der Waals surface area contributed by atoms with Crippen LogP contribution < -0.4 is 5.73 Å². The zero-order chi connectivity index (χ0) is 9.97. The number of phenols is 1. The minimum absolute atomic E-state index is 0.248. The van der Waals surface area contributed by atoms with E-state index in [4.69, 9.17) is 5.73 Å². The molecule has 0 radical (unpaired) electrons. The fourth-order valence-corrected chi connectivity index (χ4v) is 1.31. The molecule has 0 aliphatic heterocycles. The van der Waals surface area contributed by atoms with E-state index in [1.807, 2.05) is 12.1 Å². The van der Waals surface area contributed by atoms with Gasteiger partial charge in [0.05, 0.1) is 0 Å². The first-order valence-corrected chi connectivity index (χ1v) is 4.26. The molecule has 0 spiro atoms. The molecule has 1 aromatic carbocycles. The summed E-state index contributed by atoms with van der Waals surface area (Å²) in [5, 5.41) is 9.30. The van der Waals surface area contributed by atoms with Gasteiger partial charge in [0.1, 0.15) is 11.6 Å². The Morgan fingerprint density at radius 2 is 1.86 bits per heavy atom. The highest BCUT2D eigenvalue weighted by molar-refractivity contribution is 5.66. The van der Waals surface area contributed by atoms with Crippen molar-refractivity contribution in [2.45, 2.75) is 0 Å². The number of benzene rings is 1. The van der Waals surface area contributed by atoms with E-state index >= 15 is 0 Å². The van der Waals surface area contributed by atoms with E-state index in [1.54, 1.807) is 30.5 Å². The maximum atomic E-state index is 9.30.